The van der Waals surface area contributed by atoms with Crippen LogP contribution in [0.1, 0.15) is 61.8 Å². The van der Waals surface area contributed by atoms with E-state index in [1.54, 1.807) is 53.5 Å². The number of imide groups is 1. The van der Waals surface area contributed by atoms with E-state index in [9.17, 15) is 24.0 Å². The van der Waals surface area contributed by atoms with E-state index in [0.29, 0.717) is 19.4 Å². The lowest BCUT2D eigenvalue weighted by Gasteiger charge is -2.24. The number of methoxy groups -OCH3 is 1. The number of nitrogens with zero attached hydrogens (tertiary/aromatic N) is 1. The number of nitrogens with one attached hydrogen (secondary N) is 1. The molecule has 2 unspecified atom stereocenters. The molecule has 11 nitrogen and oxygen atoms in total. The van der Waals surface area contributed by atoms with E-state index in [0.717, 1.165) is 0 Å². The predicted molar refractivity (Wildman–Crippen MR) is 148 cm³/mol. The quantitative estimate of drug-likeness (QED) is 0.0571. The highest BCUT2D eigenvalue weighted by Crippen LogP contribution is 2.42. The minimum atomic E-state index is -2.34. The minimum Gasteiger partial charge on any atom is -0.438 e. The van der Waals surface area contributed by atoms with Gasteiger partial charge >= 0.3 is 5.97 Å². The molecule has 0 aromatic rings. The summed E-state index contributed by atoms with van der Waals surface area (Å²) in [4.78, 5) is 60.3. The highest BCUT2D eigenvalue weighted by molar-refractivity contribution is 7.69. The number of rotatable bonds is 15. The van der Waals surface area contributed by atoms with E-state index in [-0.39, 0.29) is 6.61 Å². The largest absolute Gasteiger partial charge is 0.438 e. The summed E-state index contributed by atoms with van der Waals surface area (Å²) in [6, 6.07) is 0. The predicted octanol–water partition coefficient (Wildman–Crippen LogP) is 4.02. The molecular formula is C25H46ClN2O9P. The molecule has 222 valence electrons. The van der Waals surface area contributed by atoms with Gasteiger partial charge in [-0.3, -0.25) is 33.8 Å². The van der Waals surface area contributed by atoms with Crippen molar-refractivity contribution in [3.8, 4) is 0 Å². The lowest BCUT2D eigenvalue weighted by molar-refractivity contribution is -0.160. The standard InChI is InChI=1S/C22H37N2O9P.C2H6.CH3Cl/c1-21(2,3)18(27)19(28)34(33-15-31-20(29)22(4,5)6)32-13-16(30-8)9-11-24(7)12-10-17(26)23-14-25;2*1-2/h10,12,14,16H,9,11,13,15H2,1-8H3,(H,23,25,26);1-2H3;1H3/b12-10-;;. The van der Waals surface area contributed by atoms with Crippen LogP contribution in [-0.2, 0) is 42.5 Å². The molecular weight excluding hydrogens is 539 g/mol. The van der Waals surface area contributed by atoms with E-state index < -0.39 is 55.3 Å². The molecule has 0 saturated carbocycles. The average molecular weight is 585 g/mol. The summed E-state index contributed by atoms with van der Waals surface area (Å²) in [6.45, 7) is 13.7. The van der Waals surface area contributed by atoms with Crippen LogP contribution in [-0.4, -0.2) is 81.1 Å². The van der Waals surface area contributed by atoms with Crippen LogP contribution in [0.5, 0.6) is 0 Å². The summed E-state index contributed by atoms with van der Waals surface area (Å²) in [5.74, 6) is -1.73. The fourth-order valence-electron chi connectivity index (χ4n) is 2.05. The maximum absolute atomic E-state index is 12.7. The monoisotopic (exact) mass is 584 g/mol. The van der Waals surface area contributed by atoms with Crippen molar-refractivity contribution in [2.24, 2.45) is 10.8 Å². The number of hydrogen-bond donors (Lipinski definition) is 1. The van der Waals surface area contributed by atoms with Gasteiger partial charge in [-0.15, -0.1) is 11.6 Å². The molecule has 0 aliphatic carbocycles. The van der Waals surface area contributed by atoms with Crippen LogP contribution in [0.3, 0.4) is 0 Å². The Morgan fingerprint density at radius 2 is 1.55 bits per heavy atom. The molecule has 0 heterocycles. The first-order valence-corrected chi connectivity index (χ1v) is 13.9. The number of ketones is 1. The third kappa shape index (κ3) is 19.2. The van der Waals surface area contributed by atoms with Crippen LogP contribution in [0, 0.1) is 10.8 Å². The summed E-state index contributed by atoms with van der Waals surface area (Å²) in [6.07, 6.45) is 4.47. The van der Waals surface area contributed by atoms with Crippen molar-refractivity contribution in [1.82, 2.24) is 10.2 Å². The zero-order chi connectivity index (χ0) is 30.5. The molecule has 0 bridgehead atoms. The fourth-order valence-corrected chi connectivity index (χ4v) is 3.31. The first-order valence-electron chi connectivity index (χ1n) is 12.0. The first-order chi connectivity index (χ1) is 17.6. The number of amides is 2. The Bertz CT molecular complexity index is 750. The molecule has 0 aliphatic heterocycles. The number of ether oxygens (including phenoxy) is 2. The van der Waals surface area contributed by atoms with Gasteiger partial charge in [0.1, 0.15) is 0 Å². The van der Waals surface area contributed by atoms with E-state index in [1.165, 1.54) is 25.8 Å². The number of esters is 1. The van der Waals surface area contributed by atoms with Crippen LogP contribution in [0.15, 0.2) is 12.3 Å². The minimum absolute atomic E-state index is 0.0538. The number of carbonyl (C=O) groups excluding carboxylic acids is 5. The Balaban J connectivity index is -0.00000291. The highest BCUT2D eigenvalue weighted by atomic mass is 35.5. The van der Waals surface area contributed by atoms with Crippen LogP contribution >= 0.6 is 20.0 Å². The van der Waals surface area contributed by atoms with Gasteiger partial charge in [-0.25, -0.2) is 0 Å². The summed E-state index contributed by atoms with van der Waals surface area (Å²) >= 11 is 4.64. The van der Waals surface area contributed by atoms with Gasteiger partial charge in [-0.05, 0) is 27.2 Å². The molecule has 0 radical (unpaired) electrons. The second kappa shape index (κ2) is 22.0. The molecule has 0 rings (SSSR count). The summed E-state index contributed by atoms with van der Waals surface area (Å²) in [7, 11) is 0.860. The molecule has 0 aliphatic rings. The van der Waals surface area contributed by atoms with Gasteiger partial charge in [0.25, 0.3) is 19.8 Å². The van der Waals surface area contributed by atoms with Crippen molar-refractivity contribution in [3.05, 3.63) is 12.3 Å². The third-order valence-corrected chi connectivity index (χ3v) is 5.47. The Morgan fingerprint density at radius 1 is 1.00 bits per heavy atom. The normalized spacial score (nSPS) is 12.6. The number of halogens is 1. The van der Waals surface area contributed by atoms with Crippen molar-refractivity contribution in [2.75, 3.05) is 40.5 Å². The maximum atomic E-state index is 12.7. The number of Topliss-reactive ketones (excluding diaryl/α,β-unsaturated/α-hetero) is 1. The molecule has 0 saturated heterocycles. The first kappa shape index (κ1) is 40.6. The lowest BCUT2D eigenvalue weighted by atomic mass is 9.92. The topological polar surface area (TPSA) is 138 Å². The molecule has 0 spiro atoms. The van der Waals surface area contributed by atoms with Crippen LogP contribution in [0.2, 0.25) is 0 Å². The number of alkyl halides is 1. The lowest BCUT2D eigenvalue weighted by Crippen LogP contribution is -2.30. The molecule has 0 aromatic carbocycles. The molecule has 2 atom stereocenters. The smallest absolute Gasteiger partial charge is 0.313 e. The summed E-state index contributed by atoms with van der Waals surface area (Å²) < 4.78 is 21.4. The van der Waals surface area contributed by atoms with Crippen molar-refractivity contribution in [2.45, 2.75) is 67.9 Å². The van der Waals surface area contributed by atoms with E-state index >= 15 is 0 Å². The van der Waals surface area contributed by atoms with Gasteiger partial charge in [-0.1, -0.05) is 34.6 Å². The Labute approximate surface area is 233 Å². The highest BCUT2D eigenvalue weighted by Gasteiger charge is 2.36. The Hall–Kier alpha value is -1.91. The molecule has 1 N–H and O–H groups in total. The molecule has 0 fully saturated rings. The maximum Gasteiger partial charge on any atom is 0.313 e. The van der Waals surface area contributed by atoms with Gasteiger partial charge in [0.15, 0.2) is 6.79 Å². The number of hydrogen-bond acceptors (Lipinski definition) is 10. The van der Waals surface area contributed by atoms with Crippen molar-refractivity contribution < 1.29 is 42.5 Å². The second-order valence-corrected chi connectivity index (χ2v) is 10.9. The van der Waals surface area contributed by atoms with Gasteiger partial charge in [0, 0.05) is 44.8 Å². The SMILES string of the molecule is CC.CCl.COC(CCN(C)/C=C\C(=O)NC=O)COP(OCOC(=O)C(C)(C)C)C(=O)C(=O)C(C)(C)C. The van der Waals surface area contributed by atoms with Crippen LogP contribution in [0.4, 0.5) is 0 Å². The van der Waals surface area contributed by atoms with Gasteiger partial charge in [-0.2, -0.15) is 0 Å². The van der Waals surface area contributed by atoms with E-state index in [2.05, 4.69) is 11.6 Å². The van der Waals surface area contributed by atoms with Crippen molar-refractivity contribution >= 4 is 49.6 Å². The van der Waals surface area contributed by atoms with Gasteiger partial charge in [0.2, 0.25) is 12.2 Å². The molecule has 13 heteroatoms. The van der Waals surface area contributed by atoms with Crippen molar-refractivity contribution in [1.29, 1.82) is 0 Å². The Kier molecular flexibility index (Phi) is 23.5. The van der Waals surface area contributed by atoms with Gasteiger partial charge < -0.3 is 18.9 Å². The molecule has 0 aromatic heterocycles. The zero-order valence-electron chi connectivity index (χ0n) is 24.6. The molecule has 38 heavy (non-hydrogen) atoms. The summed E-state index contributed by atoms with van der Waals surface area (Å²) in [5, 5.41) is 1.99. The second-order valence-electron chi connectivity index (χ2n) is 9.44. The fraction of sp³-hybridized carbons (Fsp3) is 0.720. The molecule has 2 amide bonds. The van der Waals surface area contributed by atoms with Crippen LogP contribution in [0.25, 0.3) is 0 Å². The zero-order valence-corrected chi connectivity index (χ0v) is 26.2. The average Bonchev–Trinajstić information content (AvgIpc) is 2.86. The third-order valence-electron chi connectivity index (χ3n) is 4.21. The Morgan fingerprint density at radius 3 is 2.00 bits per heavy atom. The van der Waals surface area contributed by atoms with Crippen LogP contribution < -0.4 is 5.32 Å². The van der Waals surface area contributed by atoms with Crippen molar-refractivity contribution in [3.63, 3.8) is 0 Å². The van der Waals surface area contributed by atoms with E-state index in [4.69, 9.17) is 18.5 Å². The number of carbonyl (C=O) groups is 5. The van der Waals surface area contributed by atoms with Gasteiger partial charge in [0.05, 0.1) is 18.1 Å². The van der Waals surface area contributed by atoms with E-state index in [1.807, 2.05) is 19.2 Å². The summed E-state index contributed by atoms with van der Waals surface area (Å²) in [5.41, 5.74) is -2.52.